The van der Waals surface area contributed by atoms with Crippen molar-refractivity contribution >= 4 is 5.91 Å². The van der Waals surface area contributed by atoms with Gasteiger partial charge in [-0.2, -0.15) is 0 Å². The summed E-state index contributed by atoms with van der Waals surface area (Å²) in [5.41, 5.74) is 11.5. The lowest BCUT2D eigenvalue weighted by molar-refractivity contribution is 0.0998. The van der Waals surface area contributed by atoms with Gasteiger partial charge in [-0.3, -0.25) is 4.79 Å². The predicted octanol–water partition coefficient (Wildman–Crippen LogP) is 3.32. The second kappa shape index (κ2) is 5.55. The van der Waals surface area contributed by atoms with Crippen molar-refractivity contribution in [1.29, 1.82) is 0 Å². The summed E-state index contributed by atoms with van der Waals surface area (Å²) >= 11 is 0. The van der Waals surface area contributed by atoms with Crippen molar-refractivity contribution in [3.8, 4) is 0 Å². The molecule has 18 heavy (non-hydrogen) atoms. The first-order chi connectivity index (χ1) is 8.65. The fourth-order valence-electron chi connectivity index (χ4n) is 3.04. The number of fused-ring (bicyclic) bond motifs is 1. The van der Waals surface area contributed by atoms with Gasteiger partial charge in [0, 0.05) is 5.56 Å². The first-order valence-electron chi connectivity index (χ1n) is 7.09. The molecule has 1 aromatic rings. The van der Waals surface area contributed by atoms with Gasteiger partial charge in [0.15, 0.2) is 0 Å². The van der Waals surface area contributed by atoms with Crippen molar-refractivity contribution in [1.82, 2.24) is 0 Å². The van der Waals surface area contributed by atoms with E-state index in [2.05, 4.69) is 19.9 Å². The Kier molecular flexibility index (Phi) is 4.05. The number of carbonyl (C=O) groups excluding carboxylic acids is 1. The Bertz CT molecular complexity index is 463. The maximum absolute atomic E-state index is 11.7. The first kappa shape index (κ1) is 13.1. The van der Waals surface area contributed by atoms with Crippen LogP contribution in [-0.4, -0.2) is 5.91 Å². The normalized spacial score (nSPS) is 14.3. The van der Waals surface area contributed by atoms with E-state index >= 15 is 0 Å². The van der Waals surface area contributed by atoms with E-state index in [0.717, 1.165) is 30.4 Å². The monoisotopic (exact) mass is 245 g/mol. The van der Waals surface area contributed by atoms with Crippen LogP contribution < -0.4 is 5.73 Å². The lowest BCUT2D eigenvalue weighted by Crippen LogP contribution is -2.20. The van der Waals surface area contributed by atoms with E-state index in [1.807, 2.05) is 0 Å². The van der Waals surface area contributed by atoms with Crippen molar-refractivity contribution in [3.05, 3.63) is 33.9 Å². The fourth-order valence-corrected chi connectivity index (χ4v) is 3.04. The number of benzene rings is 1. The van der Waals surface area contributed by atoms with E-state index in [1.54, 1.807) is 0 Å². The molecule has 0 saturated carbocycles. The Hall–Kier alpha value is -1.31. The summed E-state index contributed by atoms with van der Waals surface area (Å²) in [5, 5.41) is 0. The topological polar surface area (TPSA) is 43.1 Å². The van der Waals surface area contributed by atoms with Crippen LogP contribution in [0.5, 0.6) is 0 Å². The van der Waals surface area contributed by atoms with E-state index in [0.29, 0.717) is 0 Å². The average molecular weight is 245 g/mol. The minimum absolute atomic E-state index is 0.246. The van der Waals surface area contributed by atoms with Gasteiger partial charge in [0.05, 0.1) is 0 Å². The molecule has 98 valence electrons. The van der Waals surface area contributed by atoms with E-state index in [9.17, 15) is 4.79 Å². The zero-order valence-electron chi connectivity index (χ0n) is 11.5. The summed E-state index contributed by atoms with van der Waals surface area (Å²) in [7, 11) is 0. The Morgan fingerprint density at radius 3 is 2.72 bits per heavy atom. The average Bonchev–Trinajstić information content (AvgIpc) is 2.35. The number of amides is 1. The molecule has 1 aliphatic carbocycles. The van der Waals surface area contributed by atoms with Gasteiger partial charge in [-0.25, -0.2) is 0 Å². The molecule has 1 amide bonds. The Morgan fingerprint density at radius 1 is 1.33 bits per heavy atom. The van der Waals surface area contributed by atoms with Crippen molar-refractivity contribution < 1.29 is 4.79 Å². The van der Waals surface area contributed by atoms with Gasteiger partial charge in [0.25, 0.3) is 0 Å². The largest absolute Gasteiger partial charge is 0.366 e. The lowest BCUT2D eigenvalue weighted by Gasteiger charge is -2.22. The van der Waals surface area contributed by atoms with E-state index in [-0.39, 0.29) is 5.91 Å². The Balaban J connectivity index is 2.50. The van der Waals surface area contributed by atoms with Crippen LogP contribution >= 0.6 is 0 Å². The van der Waals surface area contributed by atoms with Crippen LogP contribution in [0, 0.1) is 6.92 Å². The molecule has 0 aliphatic heterocycles. The lowest BCUT2D eigenvalue weighted by atomic mass is 9.83. The number of rotatable bonds is 4. The van der Waals surface area contributed by atoms with Crippen molar-refractivity contribution in [2.45, 2.75) is 58.8 Å². The highest BCUT2D eigenvalue weighted by molar-refractivity contribution is 5.96. The predicted molar refractivity (Wildman–Crippen MR) is 75.0 cm³/mol. The SMILES string of the molecule is CCCCc1cc2c(c(C(N)=O)c1C)CCCC2. The number of aryl methyl sites for hydroxylation is 2. The summed E-state index contributed by atoms with van der Waals surface area (Å²) in [6.45, 7) is 4.25. The van der Waals surface area contributed by atoms with E-state index in [4.69, 9.17) is 5.73 Å². The number of carbonyl (C=O) groups is 1. The molecular formula is C16H23NO. The molecule has 0 radical (unpaired) electrons. The highest BCUT2D eigenvalue weighted by Gasteiger charge is 2.20. The Morgan fingerprint density at radius 2 is 2.06 bits per heavy atom. The van der Waals surface area contributed by atoms with Gasteiger partial charge < -0.3 is 5.73 Å². The number of nitrogens with two attached hydrogens (primary N) is 1. The van der Waals surface area contributed by atoms with Gasteiger partial charge in [0.1, 0.15) is 0 Å². The maximum Gasteiger partial charge on any atom is 0.249 e. The molecule has 0 fully saturated rings. The number of unbranched alkanes of at least 4 members (excludes halogenated alkanes) is 1. The molecule has 2 nitrogen and oxygen atoms in total. The van der Waals surface area contributed by atoms with Gasteiger partial charge in [0.2, 0.25) is 5.91 Å². The van der Waals surface area contributed by atoms with Gasteiger partial charge >= 0.3 is 0 Å². The molecule has 0 saturated heterocycles. The number of hydrogen-bond donors (Lipinski definition) is 1. The Labute approximate surface area is 110 Å². The summed E-state index contributed by atoms with van der Waals surface area (Å²) in [6.07, 6.45) is 7.97. The fraction of sp³-hybridized carbons (Fsp3) is 0.562. The van der Waals surface area contributed by atoms with Crippen LogP contribution in [0.25, 0.3) is 0 Å². The first-order valence-corrected chi connectivity index (χ1v) is 7.09. The summed E-state index contributed by atoms with van der Waals surface area (Å²) in [4.78, 5) is 11.7. The zero-order valence-corrected chi connectivity index (χ0v) is 11.5. The molecule has 1 aromatic carbocycles. The van der Waals surface area contributed by atoms with Crippen LogP contribution in [0.3, 0.4) is 0 Å². The smallest absolute Gasteiger partial charge is 0.249 e. The zero-order chi connectivity index (χ0) is 13.1. The summed E-state index contributed by atoms with van der Waals surface area (Å²) in [6, 6.07) is 2.33. The second-order valence-corrected chi connectivity index (χ2v) is 5.35. The van der Waals surface area contributed by atoms with Crippen LogP contribution in [-0.2, 0) is 19.3 Å². The molecule has 0 spiro atoms. The highest BCUT2D eigenvalue weighted by Crippen LogP contribution is 2.30. The molecule has 0 heterocycles. The maximum atomic E-state index is 11.7. The molecule has 2 rings (SSSR count). The quantitative estimate of drug-likeness (QED) is 0.868. The summed E-state index contributed by atoms with van der Waals surface area (Å²) in [5.74, 6) is -0.246. The van der Waals surface area contributed by atoms with E-state index < -0.39 is 0 Å². The molecule has 2 heteroatoms. The van der Waals surface area contributed by atoms with Crippen molar-refractivity contribution in [2.24, 2.45) is 5.73 Å². The molecule has 1 aliphatic rings. The van der Waals surface area contributed by atoms with Crippen LogP contribution in [0.4, 0.5) is 0 Å². The standard InChI is InChI=1S/C16H23NO/c1-3-4-7-12-10-13-8-5-6-9-14(13)15(11(12)2)16(17)18/h10H,3-9H2,1-2H3,(H2,17,18). The third kappa shape index (κ3) is 2.43. The third-order valence-corrected chi connectivity index (χ3v) is 4.06. The number of primary amides is 1. The summed E-state index contributed by atoms with van der Waals surface area (Å²) < 4.78 is 0. The van der Waals surface area contributed by atoms with Crippen molar-refractivity contribution in [3.63, 3.8) is 0 Å². The van der Waals surface area contributed by atoms with Crippen molar-refractivity contribution in [2.75, 3.05) is 0 Å². The van der Waals surface area contributed by atoms with E-state index in [1.165, 1.54) is 42.4 Å². The molecule has 0 bridgehead atoms. The molecule has 0 aromatic heterocycles. The molecule has 0 unspecified atom stereocenters. The molecule has 0 atom stereocenters. The van der Waals surface area contributed by atoms with Crippen LogP contribution in [0.2, 0.25) is 0 Å². The minimum Gasteiger partial charge on any atom is -0.366 e. The van der Waals surface area contributed by atoms with Crippen LogP contribution in [0.15, 0.2) is 6.07 Å². The van der Waals surface area contributed by atoms with Crippen LogP contribution in [0.1, 0.15) is 65.2 Å². The molecular weight excluding hydrogens is 222 g/mol. The highest BCUT2D eigenvalue weighted by atomic mass is 16.1. The third-order valence-electron chi connectivity index (χ3n) is 4.06. The van der Waals surface area contributed by atoms with Gasteiger partial charge in [-0.05, 0) is 67.7 Å². The minimum atomic E-state index is -0.246. The molecule has 2 N–H and O–H groups in total. The number of hydrogen-bond acceptors (Lipinski definition) is 1. The second-order valence-electron chi connectivity index (χ2n) is 5.35. The van der Waals surface area contributed by atoms with Gasteiger partial charge in [-0.1, -0.05) is 19.4 Å². The van der Waals surface area contributed by atoms with Gasteiger partial charge in [-0.15, -0.1) is 0 Å².